The summed E-state index contributed by atoms with van der Waals surface area (Å²) in [5.41, 5.74) is 1.21. The molecule has 0 saturated heterocycles. The molecule has 1 aromatic heterocycles. The summed E-state index contributed by atoms with van der Waals surface area (Å²) in [6, 6.07) is 3.40. The fraction of sp³-hybridized carbons (Fsp3) is 0.250. The van der Waals surface area contributed by atoms with E-state index in [2.05, 4.69) is 10.3 Å². The van der Waals surface area contributed by atoms with Crippen LogP contribution in [0.25, 0.3) is 0 Å². The first kappa shape index (κ1) is 9.00. The second-order valence-electron chi connectivity index (χ2n) is 2.37. The van der Waals surface area contributed by atoms with Crippen LogP contribution < -0.4 is 5.32 Å². The summed E-state index contributed by atoms with van der Waals surface area (Å²) in [6.07, 6.45) is 0. The molecule has 0 aliphatic rings. The molecule has 0 radical (unpaired) electrons. The van der Waals surface area contributed by atoms with Crippen molar-refractivity contribution in [3.63, 3.8) is 0 Å². The molecule has 0 saturated carbocycles. The topological polar surface area (TPSA) is 42.0 Å². The van der Waals surface area contributed by atoms with Crippen molar-refractivity contribution in [2.24, 2.45) is 0 Å². The molecule has 0 unspecified atom stereocenters. The third kappa shape index (κ3) is 1.74. The predicted molar refractivity (Wildman–Crippen MR) is 47.4 cm³/mol. The lowest BCUT2D eigenvalue weighted by atomic mass is 10.2. The second-order valence-corrected chi connectivity index (χ2v) is 2.73. The molecule has 1 heterocycles. The van der Waals surface area contributed by atoms with Gasteiger partial charge in [-0.15, -0.1) is 0 Å². The predicted octanol–water partition coefficient (Wildman–Crippen LogP) is 1.40. The molecule has 0 fully saturated rings. The number of amides is 1. The number of halogens is 1. The number of pyridine rings is 1. The van der Waals surface area contributed by atoms with Gasteiger partial charge in [-0.2, -0.15) is 0 Å². The van der Waals surface area contributed by atoms with Gasteiger partial charge in [0.1, 0.15) is 5.15 Å². The van der Waals surface area contributed by atoms with Crippen LogP contribution in [-0.4, -0.2) is 17.9 Å². The third-order valence-corrected chi connectivity index (χ3v) is 1.75. The van der Waals surface area contributed by atoms with Crippen molar-refractivity contribution < 1.29 is 4.79 Å². The van der Waals surface area contributed by atoms with Crippen molar-refractivity contribution >= 4 is 17.5 Å². The molecule has 0 aliphatic heterocycles. The Hall–Kier alpha value is -1.09. The third-order valence-electron chi connectivity index (χ3n) is 1.46. The SMILES string of the molecule is CNC(=O)c1ccc(C)nc1Cl. The van der Waals surface area contributed by atoms with Gasteiger partial charge in [0.25, 0.3) is 5.91 Å². The van der Waals surface area contributed by atoms with Crippen molar-refractivity contribution in [2.45, 2.75) is 6.92 Å². The number of rotatable bonds is 1. The van der Waals surface area contributed by atoms with Gasteiger partial charge in [-0.05, 0) is 19.1 Å². The Labute approximate surface area is 75.8 Å². The van der Waals surface area contributed by atoms with E-state index in [0.29, 0.717) is 5.56 Å². The highest BCUT2D eigenvalue weighted by atomic mass is 35.5. The van der Waals surface area contributed by atoms with Gasteiger partial charge in [0, 0.05) is 12.7 Å². The summed E-state index contributed by atoms with van der Waals surface area (Å²) < 4.78 is 0. The summed E-state index contributed by atoms with van der Waals surface area (Å²) in [5.74, 6) is -0.215. The Morgan fingerprint density at radius 1 is 1.58 bits per heavy atom. The average molecular weight is 185 g/mol. The van der Waals surface area contributed by atoms with Gasteiger partial charge >= 0.3 is 0 Å². The van der Waals surface area contributed by atoms with Crippen LogP contribution in [0.15, 0.2) is 12.1 Å². The molecule has 0 aliphatic carbocycles. The van der Waals surface area contributed by atoms with E-state index in [9.17, 15) is 4.79 Å². The Morgan fingerprint density at radius 2 is 2.25 bits per heavy atom. The van der Waals surface area contributed by atoms with Crippen LogP contribution in [0.2, 0.25) is 5.15 Å². The highest BCUT2D eigenvalue weighted by molar-refractivity contribution is 6.32. The van der Waals surface area contributed by atoms with Crippen LogP contribution >= 0.6 is 11.6 Å². The molecule has 0 bridgehead atoms. The van der Waals surface area contributed by atoms with Crippen molar-refractivity contribution in [3.8, 4) is 0 Å². The maximum atomic E-state index is 11.1. The normalized spacial score (nSPS) is 9.58. The van der Waals surface area contributed by atoms with Gasteiger partial charge in [0.15, 0.2) is 0 Å². The van der Waals surface area contributed by atoms with Gasteiger partial charge in [-0.3, -0.25) is 4.79 Å². The van der Waals surface area contributed by atoms with Crippen molar-refractivity contribution in [1.29, 1.82) is 0 Å². The molecular weight excluding hydrogens is 176 g/mol. The number of hydrogen-bond donors (Lipinski definition) is 1. The molecular formula is C8H9ClN2O. The van der Waals surface area contributed by atoms with Gasteiger partial charge < -0.3 is 5.32 Å². The van der Waals surface area contributed by atoms with Gasteiger partial charge in [0.05, 0.1) is 5.56 Å². The van der Waals surface area contributed by atoms with Crippen LogP contribution in [-0.2, 0) is 0 Å². The zero-order valence-corrected chi connectivity index (χ0v) is 7.64. The molecule has 1 aromatic rings. The van der Waals surface area contributed by atoms with Crippen LogP contribution in [0.3, 0.4) is 0 Å². The molecule has 64 valence electrons. The lowest BCUT2D eigenvalue weighted by molar-refractivity contribution is 0.0963. The number of hydrogen-bond acceptors (Lipinski definition) is 2. The van der Waals surface area contributed by atoms with Crippen LogP contribution in [0.4, 0.5) is 0 Å². The molecule has 0 spiro atoms. The number of nitrogens with one attached hydrogen (secondary N) is 1. The van der Waals surface area contributed by atoms with E-state index in [1.54, 1.807) is 19.2 Å². The quantitative estimate of drug-likeness (QED) is 0.671. The van der Waals surface area contributed by atoms with Crippen molar-refractivity contribution in [1.82, 2.24) is 10.3 Å². The fourth-order valence-corrected chi connectivity index (χ4v) is 1.11. The Morgan fingerprint density at radius 3 is 2.75 bits per heavy atom. The fourth-order valence-electron chi connectivity index (χ4n) is 0.829. The van der Waals surface area contributed by atoms with E-state index in [1.165, 1.54) is 0 Å². The van der Waals surface area contributed by atoms with Crippen molar-refractivity contribution in [2.75, 3.05) is 7.05 Å². The van der Waals surface area contributed by atoms with Crippen LogP contribution in [0.1, 0.15) is 16.1 Å². The largest absolute Gasteiger partial charge is 0.355 e. The zero-order chi connectivity index (χ0) is 9.14. The van der Waals surface area contributed by atoms with E-state index in [0.717, 1.165) is 5.69 Å². The maximum Gasteiger partial charge on any atom is 0.254 e. The number of nitrogens with zero attached hydrogens (tertiary/aromatic N) is 1. The minimum Gasteiger partial charge on any atom is -0.355 e. The molecule has 1 rings (SSSR count). The number of carbonyl (C=O) groups excluding carboxylic acids is 1. The number of carbonyl (C=O) groups is 1. The molecule has 0 aromatic carbocycles. The summed E-state index contributed by atoms with van der Waals surface area (Å²) in [7, 11) is 1.55. The van der Waals surface area contributed by atoms with Crippen LogP contribution in [0.5, 0.6) is 0 Å². The van der Waals surface area contributed by atoms with Crippen LogP contribution in [0, 0.1) is 6.92 Å². The van der Waals surface area contributed by atoms with E-state index in [4.69, 9.17) is 11.6 Å². The monoisotopic (exact) mass is 184 g/mol. The molecule has 4 heteroatoms. The first-order chi connectivity index (χ1) is 5.65. The molecule has 0 atom stereocenters. The van der Waals surface area contributed by atoms with Gasteiger partial charge in [-0.25, -0.2) is 4.98 Å². The standard InChI is InChI=1S/C8H9ClN2O/c1-5-3-4-6(7(9)11-5)8(12)10-2/h3-4H,1-2H3,(H,10,12). The van der Waals surface area contributed by atoms with Gasteiger partial charge in [0.2, 0.25) is 0 Å². The summed E-state index contributed by atoms with van der Waals surface area (Å²) >= 11 is 5.73. The second kappa shape index (κ2) is 3.54. The lowest BCUT2D eigenvalue weighted by Gasteiger charge is -2.01. The molecule has 1 N–H and O–H groups in total. The van der Waals surface area contributed by atoms with E-state index >= 15 is 0 Å². The van der Waals surface area contributed by atoms with E-state index in [1.807, 2.05) is 6.92 Å². The highest BCUT2D eigenvalue weighted by Crippen LogP contribution is 2.12. The summed E-state index contributed by atoms with van der Waals surface area (Å²) in [4.78, 5) is 15.1. The summed E-state index contributed by atoms with van der Waals surface area (Å²) in [5, 5.41) is 2.72. The average Bonchev–Trinajstić information content (AvgIpc) is 2.03. The van der Waals surface area contributed by atoms with Gasteiger partial charge in [-0.1, -0.05) is 11.6 Å². The molecule has 3 nitrogen and oxygen atoms in total. The molecule has 1 amide bonds. The Balaban J connectivity index is 3.09. The first-order valence-electron chi connectivity index (χ1n) is 3.50. The highest BCUT2D eigenvalue weighted by Gasteiger charge is 2.08. The van der Waals surface area contributed by atoms with E-state index in [-0.39, 0.29) is 11.1 Å². The zero-order valence-electron chi connectivity index (χ0n) is 6.89. The number of aryl methyl sites for hydroxylation is 1. The number of aromatic nitrogens is 1. The Bertz CT molecular complexity index is 312. The minimum atomic E-state index is -0.215. The molecule has 12 heavy (non-hydrogen) atoms. The van der Waals surface area contributed by atoms with Crippen molar-refractivity contribution in [3.05, 3.63) is 28.5 Å². The summed E-state index contributed by atoms with van der Waals surface area (Å²) in [6.45, 7) is 1.82. The lowest BCUT2D eigenvalue weighted by Crippen LogP contribution is -2.18. The van der Waals surface area contributed by atoms with E-state index < -0.39 is 0 Å². The Kier molecular flexibility index (Phi) is 2.65. The first-order valence-corrected chi connectivity index (χ1v) is 3.88. The minimum absolute atomic E-state index is 0.215. The smallest absolute Gasteiger partial charge is 0.254 e. The maximum absolute atomic E-state index is 11.1.